The van der Waals surface area contributed by atoms with Crippen LogP contribution in [0, 0.1) is 6.92 Å². The molecule has 156 valence electrons. The van der Waals surface area contributed by atoms with E-state index in [1.54, 1.807) is 6.20 Å². The summed E-state index contributed by atoms with van der Waals surface area (Å²) in [5, 5.41) is 0. The lowest BCUT2D eigenvalue weighted by Gasteiger charge is -2.34. The summed E-state index contributed by atoms with van der Waals surface area (Å²) in [6, 6.07) is 1.53. The minimum atomic E-state index is -0.150. The number of rotatable bonds is 4. The molecule has 0 spiro atoms. The number of nitrogens with one attached hydrogen (secondary N) is 1. The van der Waals surface area contributed by atoms with E-state index in [-0.39, 0.29) is 5.56 Å². The van der Waals surface area contributed by atoms with Crippen molar-refractivity contribution >= 4 is 11.9 Å². The van der Waals surface area contributed by atoms with E-state index >= 15 is 0 Å². The van der Waals surface area contributed by atoms with Crippen LogP contribution < -0.4 is 15.4 Å². The Bertz CT molecular complexity index is 898. The van der Waals surface area contributed by atoms with E-state index in [0.29, 0.717) is 11.6 Å². The Labute approximate surface area is 171 Å². The van der Waals surface area contributed by atoms with Crippen LogP contribution in [0.4, 0.5) is 11.9 Å². The predicted molar refractivity (Wildman–Crippen MR) is 115 cm³/mol. The van der Waals surface area contributed by atoms with E-state index in [0.717, 1.165) is 76.1 Å². The first kappa shape index (κ1) is 19.8. The molecule has 0 amide bonds. The predicted octanol–water partition coefficient (Wildman–Crippen LogP) is 0.429. The molecule has 0 aliphatic carbocycles. The Balaban J connectivity index is 1.56. The van der Waals surface area contributed by atoms with Gasteiger partial charge in [0.15, 0.2) is 0 Å². The first-order valence-corrected chi connectivity index (χ1v) is 10.4. The number of aromatic amines is 1. The van der Waals surface area contributed by atoms with Crippen LogP contribution >= 0.6 is 0 Å². The SMILES string of the molecule is CCN1CCN(c2ncc(-c3cc(=O)[nH]c(N4CCN(C)CC4)n3)c(C)n2)CC1. The molecule has 2 aliphatic rings. The third-order valence-electron chi connectivity index (χ3n) is 5.88. The molecule has 0 atom stereocenters. The highest BCUT2D eigenvalue weighted by Gasteiger charge is 2.20. The van der Waals surface area contributed by atoms with Crippen LogP contribution in [-0.2, 0) is 0 Å². The molecular formula is C20H30N8O. The number of hydrogen-bond donors (Lipinski definition) is 1. The molecule has 2 aliphatic heterocycles. The molecule has 9 heteroatoms. The van der Waals surface area contributed by atoms with Crippen molar-refractivity contribution < 1.29 is 0 Å². The van der Waals surface area contributed by atoms with Crippen molar-refractivity contribution in [2.75, 3.05) is 75.8 Å². The summed E-state index contributed by atoms with van der Waals surface area (Å²) >= 11 is 0. The van der Waals surface area contributed by atoms with E-state index in [1.807, 2.05) is 6.92 Å². The third kappa shape index (κ3) is 4.40. The minimum Gasteiger partial charge on any atom is -0.340 e. The number of hydrogen-bond acceptors (Lipinski definition) is 8. The van der Waals surface area contributed by atoms with E-state index < -0.39 is 0 Å². The smallest absolute Gasteiger partial charge is 0.252 e. The molecule has 2 aromatic heterocycles. The second-order valence-electron chi connectivity index (χ2n) is 7.83. The third-order valence-corrected chi connectivity index (χ3v) is 5.88. The normalized spacial score (nSPS) is 19.0. The molecule has 0 radical (unpaired) electrons. The summed E-state index contributed by atoms with van der Waals surface area (Å²) in [6.07, 6.45) is 1.80. The standard InChI is InChI=1S/C20H30N8O/c1-4-26-7-11-27(12-8-26)19-21-14-16(15(2)22-19)17-13-18(29)24-20(23-17)28-9-5-25(3)6-10-28/h13-14H,4-12H2,1-3H3,(H,23,24,29). The lowest BCUT2D eigenvalue weighted by Crippen LogP contribution is -2.46. The second-order valence-corrected chi connectivity index (χ2v) is 7.83. The van der Waals surface area contributed by atoms with E-state index in [9.17, 15) is 4.79 Å². The summed E-state index contributed by atoms with van der Waals surface area (Å²) in [4.78, 5) is 38.3. The number of likely N-dealkylation sites (N-methyl/N-ethyl adjacent to an activating group) is 2. The summed E-state index contributed by atoms with van der Waals surface area (Å²) < 4.78 is 0. The molecule has 29 heavy (non-hydrogen) atoms. The molecule has 4 heterocycles. The minimum absolute atomic E-state index is 0.150. The lowest BCUT2D eigenvalue weighted by molar-refractivity contribution is 0.270. The Morgan fingerprint density at radius 1 is 1.00 bits per heavy atom. The first-order valence-electron chi connectivity index (χ1n) is 10.4. The Kier molecular flexibility index (Phi) is 5.77. The zero-order valence-corrected chi connectivity index (χ0v) is 17.6. The molecule has 0 bridgehead atoms. The molecule has 2 aromatic rings. The van der Waals surface area contributed by atoms with Crippen molar-refractivity contribution in [1.82, 2.24) is 29.7 Å². The highest BCUT2D eigenvalue weighted by Crippen LogP contribution is 2.22. The van der Waals surface area contributed by atoms with Crippen LogP contribution in [-0.4, -0.2) is 95.7 Å². The van der Waals surface area contributed by atoms with Crippen molar-refractivity contribution in [3.63, 3.8) is 0 Å². The molecular weight excluding hydrogens is 368 g/mol. The molecule has 4 rings (SSSR count). The van der Waals surface area contributed by atoms with Crippen LogP contribution in [0.15, 0.2) is 17.1 Å². The van der Waals surface area contributed by atoms with Gasteiger partial charge >= 0.3 is 0 Å². The van der Waals surface area contributed by atoms with Gasteiger partial charge in [-0.15, -0.1) is 0 Å². The van der Waals surface area contributed by atoms with Crippen LogP contribution in [0.2, 0.25) is 0 Å². The maximum absolute atomic E-state index is 12.3. The van der Waals surface area contributed by atoms with Crippen LogP contribution in [0.3, 0.4) is 0 Å². The number of H-pyrrole nitrogens is 1. The van der Waals surface area contributed by atoms with Crippen molar-refractivity contribution in [3.8, 4) is 11.3 Å². The van der Waals surface area contributed by atoms with Crippen LogP contribution in [0.25, 0.3) is 11.3 Å². The van der Waals surface area contributed by atoms with Gasteiger partial charge in [-0.2, -0.15) is 0 Å². The van der Waals surface area contributed by atoms with Gasteiger partial charge in [0.1, 0.15) is 0 Å². The Morgan fingerprint density at radius 3 is 2.34 bits per heavy atom. The summed E-state index contributed by atoms with van der Waals surface area (Å²) in [6.45, 7) is 12.8. The lowest BCUT2D eigenvalue weighted by atomic mass is 10.1. The molecule has 2 saturated heterocycles. The summed E-state index contributed by atoms with van der Waals surface area (Å²) in [7, 11) is 2.11. The number of aryl methyl sites for hydroxylation is 1. The summed E-state index contributed by atoms with van der Waals surface area (Å²) in [5.74, 6) is 1.38. The quantitative estimate of drug-likeness (QED) is 0.794. The Hall–Kier alpha value is -2.52. The average Bonchev–Trinajstić information content (AvgIpc) is 2.74. The van der Waals surface area contributed by atoms with Gasteiger partial charge in [-0.25, -0.2) is 15.0 Å². The molecule has 0 saturated carbocycles. The molecule has 1 N–H and O–H groups in total. The molecule has 9 nitrogen and oxygen atoms in total. The topological polar surface area (TPSA) is 84.5 Å². The van der Waals surface area contributed by atoms with Crippen molar-refractivity contribution in [2.45, 2.75) is 13.8 Å². The van der Waals surface area contributed by atoms with Gasteiger partial charge in [0.05, 0.1) is 11.4 Å². The van der Waals surface area contributed by atoms with Gasteiger partial charge in [0.2, 0.25) is 11.9 Å². The second kappa shape index (κ2) is 8.46. The zero-order chi connectivity index (χ0) is 20.4. The van der Waals surface area contributed by atoms with E-state index in [4.69, 9.17) is 9.97 Å². The average molecular weight is 399 g/mol. The number of aromatic nitrogens is 4. The highest BCUT2D eigenvalue weighted by molar-refractivity contribution is 5.62. The molecule has 0 aromatic carbocycles. The van der Waals surface area contributed by atoms with E-state index in [2.05, 4.69) is 43.5 Å². The van der Waals surface area contributed by atoms with Gasteiger partial charge in [-0.05, 0) is 20.5 Å². The number of nitrogens with zero attached hydrogens (tertiary/aromatic N) is 7. The monoisotopic (exact) mass is 398 g/mol. The highest BCUT2D eigenvalue weighted by atomic mass is 16.1. The molecule has 2 fully saturated rings. The fourth-order valence-electron chi connectivity index (χ4n) is 3.87. The first-order chi connectivity index (χ1) is 14.0. The van der Waals surface area contributed by atoms with Crippen LogP contribution in [0.1, 0.15) is 12.6 Å². The van der Waals surface area contributed by atoms with Gasteiger partial charge in [-0.3, -0.25) is 9.78 Å². The van der Waals surface area contributed by atoms with Gasteiger partial charge in [0, 0.05) is 70.2 Å². The van der Waals surface area contributed by atoms with Gasteiger partial charge < -0.3 is 19.6 Å². The fourth-order valence-corrected chi connectivity index (χ4v) is 3.87. The maximum Gasteiger partial charge on any atom is 0.252 e. The van der Waals surface area contributed by atoms with Crippen molar-refractivity contribution in [3.05, 3.63) is 28.3 Å². The zero-order valence-electron chi connectivity index (χ0n) is 17.6. The number of piperazine rings is 2. The fraction of sp³-hybridized carbons (Fsp3) is 0.600. The van der Waals surface area contributed by atoms with Crippen molar-refractivity contribution in [2.24, 2.45) is 0 Å². The van der Waals surface area contributed by atoms with Gasteiger partial charge in [-0.1, -0.05) is 6.92 Å². The molecule has 0 unspecified atom stereocenters. The summed E-state index contributed by atoms with van der Waals surface area (Å²) in [5.41, 5.74) is 2.13. The number of anilines is 2. The largest absolute Gasteiger partial charge is 0.340 e. The van der Waals surface area contributed by atoms with E-state index in [1.165, 1.54) is 6.07 Å². The Morgan fingerprint density at radius 2 is 1.69 bits per heavy atom. The van der Waals surface area contributed by atoms with Crippen molar-refractivity contribution in [1.29, 1.82) is 0 Å². The van der Waals surface area contributed by atoms with Gasteiger partial charge in [0.25, 0.3) is 5.56 Å². The maximum atomic E-state index is 12.3. The van der Waals surface area contributed by atoms with Crippen LogP contribution in [0.5, 0.6) is 0 Å².